The highest BCUT2D eigenvalue weighted by Gasteiger charge is 2.21. The van der Waals surface area contributed by atoms with Crippen LogP contribution in [0.5, 0.6) is 0 Å². The Morgan fingerprint density at radius 2 is 2.12 bits per heavy atom. The number of amides is 1. The van der Waals surface area contributed by atoms with Crippen molar-refractivity contribution in [3.05, 3.63) is 35.1 Å². The van der Waals surface area contributed by atoms with E-state index in [-0.39, 0.29) is 17.5 Å². The van der Waals surface area contributed by atoms with Gasteiger partial charge in [0, 0.05) is 17.9 Å². The van der Waals surface area contributed by atoms with Gasteiger partial charge in [-0.2, -0.15) is 0 Å². The number of benzene rings is 1. The molecule has 0 atom stereocenters. The Hall–Kier alpha value is -0.900. The van der Waals surface area contributed by atoms with E-state index in [2.05, 4.69) is 15.9 Å². The van der Waals surface area contributed by atoms with E-state index in [0.717, 1.165) is 0 Å². The summed E-state index contributed by atoms with van der Waals surface area (Å²) in [5, 5.41) is 0.685. The summed E-state index contributed by atoms with van der Waals surface area (Å²) < 4.78 is 13.9. The molecule has 1 aromatic rings. The fraction of sp³-hybridized carbons (Fsp3) is 0.462. The largest absolute Gasteiger partial charge is 0.335 e. The summed E-state index contributed by atoms with van der Waals surface area (Å²) in [6.07, 6.45) is 0. The highest BCUT2D eigenvalue weighted by Crippen LogP contribution is 2.15. The van der Waals surface area contributed by atoms with Crippen LogP contribution in [0.15, 0.2) is 18.2 Å². The minimum absolute atomic E-state index is 0.0555. The zero-order valence-corrected chi connectivity index (χ0v) is 11.9. The van der Waals surface area contributed by atoms with Gasteiger partial charge in [0.15, 0.2) is 0 Å². The Balaban J connectivity index is 3.05. The second-order valence-electron chi connectivity index (χ2n) is 4.22. The summed E-state index contributed by atoms with van der Waals surface area (Å²) >= 11 is 3.30. The van der Waals surface area contributed by atoms with E-state index < -0.39 is 5.82 Å². The van der Waals surface area contributed by atoms with E-state index in [0.29, 0.717) is 17.4 Å². The highest BCUT2D eigenvalue weighted by molar-refractivity contribution is 9.09. The molecule has 0 bridgehead atoms. The van der Waals surface area contributed by atoms with Crippen LogP contribution < -0.4 is 0 Å². The van der Waals surface area contributed by atoms with E-state index in [9.17, 15) is 9.18 Å². The number of aryl methyl sites for hydroxylation is 1. The second-order valence-corrected chi connectivity index (χ2v) is 5.01. The molecule has 0 N–H and O–H groups in total. The maximum atomic E-state index is 13.9. The molecule has 94 valence electrons. The minimum atomic E-state index is -0.419. The van der Waals surface area contributed by atoms with E-state index in [1.807, 2.05) is 13.8 Å². The lowest BCUT2D eigenvalue weighted by atomic mass is 10.1. The van der Waals surface area contributed by atoms with Crippen LogP contribution in [0.4, 0.5) is 4.39 Å². The van der Waals surface area contributed by atoms with Crippen LogP contribution >= 0.6 is 15.9 Å². The number of hydrogen-bond donors (Lipinski definition) is 0. The van der Waals surface area contributed by atoms with Gasteiger partial charge in [0.25, 0.3) is 5.91 Å². The lowest BCUT2D eigenvalue weighted by Crippen LogP contribution is -2.38. The summed E-state index contributed by atoms with van der Waals surface area (Å²) in [6.45, 7) is 6.09. The Kier molecular flexibility index (Phi) is 5.12. The third kappa shape index (κ3) is 3.28. The third-order valence-corrected chi connectivity index (χ3v) is 2.99. The molecule has 1 amide bonds. The van der Waals surface area contributed by atoms with Crippen molar-refractivity contribution in [2.24, 2.45) is 0 Å². The van der Waals surface area contributed by atoms with Crippen molar-refractivity contribution >= 4 is 21.8 Å². The van der Waals surface area contributed by atoms with Crippen molar-refractivity contribution in [2.45, 2.75) is 26.8 Å². The van der Waals surface area contributed by atoms with Crippen molar-refractivity contribution in [2.75, 3.05) is 11.9 Å². The predicted molar refractivity (Wildman–Crippen MR) is 71.1 cm³/mol. The lowest BCUT2D eigenvalue weighted by Gasteiger charge is -2.26. The van der Waals surface area contributed by atoms with Gasteiger partial charge >= 0.3 is 0 Å². The van der Waals surface area contributed by atoms with E-state index in [1.54, 1.807) is 24.0 Å². The number of carbonyl (C=O) groups excluding carboxylic acids is 1. The molecule has 0 saturated carbocycles. The molecular formula is C13H17BrFNO. The number of hydrogen-bond acceptors (Lipinski definition) is 1. The van der Waals surface area contributed by atoms with Gasteiger partial charge < -0.3 is 4.90 Å². The number of halogens is 2. The molecule has 0 saturated heterocycles. The van der Waals surface area contributed by atoms with Gasteiger partial charge in [0.05, 0.1) is 5.56 Å². The Morgan fingerprint density at radius 1 is 1.47 bits per heavy atom. The quantitative estimate of drug-likeness (QED) is 0.781. The van der Waals surface area contributed by atoms with Crippen LogP contribution in [-0.2, 0) is 0 Å². The molecule has 0 aliphatic carbocycles. The molecule has 0 aromatic heterocycles. The zero-order chi connectivity index (χ0) is 13.0. The summed E-state index contributed by atoms with van der Waals surface area (Å²) in [5.41, 5.74) is 0.651. The van der Waals surface area contributed by atoms with Crippen LogP contribution in [0.3, 0.4) is 0 Å². The van der Waals surface area contributed by atoms with Gasteiger partial charge in [-0.3, -0.25) is 4.79 Å². The number of nitrogens with zero attached hydrogens (tertiary/aromatic N) is 1. The maximum absolute atomic E-state index is 13.9. The van der Waals surface area contributed by atoms with Gasteiger partial charge in [-0.15, -0.1) is 0 Å². The highest BCUT2D eigenvalue weighted by atomic mass is 79.9. The van der Waals surface area contributed by atoms with Crippen molar-refractivity contribution in [1.29, 1.82) is 0 Å². The normalized spacial score (nSPS) is 10.7. The van der Waals surface area contributed by atoms with Gasteiger partial charge in [-0.25, -0.2) is 4.39 Å². The predicted octanol–water partition coefficient (Wildman–Crippen LogP) is 3.38. The number of alkyl halides is 1. The average Bonchev–Trinajstić information content (AvgIpc) is 2.28. The van der Waals surface area contributed by atoms with Gasteiger partial charge in [-0.05, 0) is 32.4 Å². The van der Waals surface area contributed by atoms with Crippen LogP contribution in [0, 0.1) is 12.7 Å². The Morgan fingerprint density at radius 3 is 2.65 bits per heavy atom. The molecule has 0 radical (unpaired) electrons. The summed E-state index contributed by atoms with van der Waals surface area (Å²) in [7, 11) is 0. The lowest BCUT2D eigenvalue weighted by molar-refractivity contribution is 0.0714. The van der Waals surface area contributed by atoms with Gasteiger partial charge in [-0.1, -0.05) is 28.1 Å². The molecule has 0 spiro atoms. The summed E-state index contributed by atoms with van der Waals surface area (Å²) in [6, 6.07) is 4.96. The van der Waals surface area contributed by atoms with Crippen LogP contribution in [0.2, 0.25) is 0 Å². The molecule has 4 heteroatoms. The summed E-state index contributed by atoms with van der Waals surface area (Å²) in [5.74, 6) is -0.668. The zero-order valence-electron chi connectivity index (χ0n) is 10.3. The first kappa shape index (κ1) is 14.2. The first-order chi connectivity index (χ1) is 7.99. The molecular weight excluding hydrogens is 285 g/mol. The van der Waals surface area contributed by atoms with Crippen LogP contribution in [0.25, 0.3) is 0 Å². The Bertz CT molecular complexity index is 406. The van der Waals surface area contributed by atoms with Crippen molar-refractivity contribution in [3.8, 4) is 0 Å². The molecule has 1 aromatic carbocycles. The fourth-order valence-electron chi connectivity index (χ4n) is 1.65. The van der Waals surface area contributed by atoms with E-state index in [1.165, 1.54) is 6.07 Å². The van der Waals surface area contributed by atoms with E-state index in [4.69, 9.17) is 0 Å². The SMILES string of the molecule is Cc1cccc(C(=O)N(CCBr)C(C)C)c1F. The molecule has 2 nitrogen and oxygen atoms in total. The maximum Gasteiger partial charge on any atom is 0.257 e. The molecule has 17 heavy (non-hydrogen) atoms. The minimum Gasteiger partial charge on any atom is -0.335 e. The monoisotopic (exact) mass is 301 g/mol. The van der Waals surface area contributed by atoms with Crippen LogP contribution in [0.1, 0.15) is 29.8 Å². The van der Waals surface area contributed by atoms with E-state index >= 15 is 0 Å². The first-order valence-corrected chi connectivity index (χ1v) is 6.73. The topological polar surface area (TPSA) is 20.3 Å². The van der Waals surface area contributed by atoms with Gasteiger partial charge in [0.2, 0.25) is 0 Å². The van der Waals surface area contributed by atoms with Crippen molar-refractivity contribution < 1.29 is 9.18 Å². The molecule has 0 aliphatic rings. The van der Waals surface area contributed by atoms with Crippen molar-refractivity contribution in [3.63, 3.8) is 0 Å². The van der Waals surface area contributed by atoms with Crippen molar-refractivity contribution in [1.82, 2.24) is 4.90 Å². The molecule has 0 fully saturated rings. The van der Waals surface area contributed by atoms with Crippen LogP contribution in [-0.4, -0.2) is 28.7 Å². The fourth-order valence-corrected chi connectivity index (χ4v) is 2.03. The van der Waals surface area contributed by atoms with Gasteiger partial charge in [0.1, 0.15) is 5.82 Å². The second kappa shape index (κ2) is 6.15. The Labute approximate surface area is 110 Å². The standard InChI is InChI=1S/C13H17BrFNO/c1-9(2)16(8-7-14)13(17)11-6-4-5-10(3)12(11)15/h4-6,9H,7-8H2,1-3H3. The molecule has 0 aliphatic heterocycles. The third-order valence-electron chi connectivity index (χ3n) is 2.63. The first-order valence-electron chi connectivity index (χ1n) is 5.61. The smallest absolute Gasteiger partial charge is 0.257 e. The molecule has 0 unspecified atom stereocenters. The molecule has 1 rings (SSSR count). The number of carbonyl (C=O) groups is 1. The number of rotatable bonds is 4. The molecule has 0 heterocycles. The average molecular weight is 302 g/mol. The summed E-state index contributed by atoms with van der Waals surface area (Å²) in [4.78, 5) is 13.9.